The van der Waals surface area contributed by atoms with E-state index in [1.807, 2.05) is 24.3 Å². The average molecular weight is 208 g/mol. The molecular weight excluding hydrogens is 196 g/mol. The topological polar surface area (TPSA) is 17.1 Å². The molecule has 0 radical (unpaired) electrons. The van der Waals surface area contributed by atoms with Crippen LogP contribution in [-0.2, 0) is 4.79 Å². The van der Waals surface area contributed by atoms with Crippen LogP contribution in [0.5, 0.6) is 0 Å². The zero-order valence-corrected chi connectivity index (χ0v) is 8.89. The Kier molecular flexibility index (Phi) is 2.97. The van der Waals surface area contributed by atoms with Crippen molar-refractivity contribution in [1.29, 1.82) is 0 Å². The van der Waals surface area contributed by atoms with E-state index in [9.17, 15) is 4.79 Å². The van der Waals surface area contributed by atoms with Crippen molar-refractivity contribution in [2.75, 3.05) is 0 Å². The molecule has 0 aromatic heterocycles. The van der Waals surface area contributed by atoms with Gasteiger partial charge in [0.2, 0.25) is 0 Å². The highest BCUT2D eigenvalue weighted by molar-refractivity contribution is 6.01. The van der Waals surface area contributed by atoms with Crippen molar-refractivity contribution in [3.05, 3.63) is 66.8 Å². The molecule has 0 saturated heterocycles. The molecular formula is C15H12O. The van der Waals surface area contributed by atoms with Crippen LogP contribution in [0.1, 0.15) is 5.56 Å². The van der Waals surface area contributed by atoms with Gasteiger partial charge < -0.3 is 0 Å². The lowest BCUT2D eigenvalue weighted by molar-refractivity contribution is -0.110. The van der Waals surface area contributed by atoms with Gasteiger partial charge in [0.15, 0.2) is 5.78 Å². The molecule has 78 valence electrons. The fourth-order valence-electron chi connectivity index (χ4n) is 1.56. The third-order valence-electron chi connectivity index (χ3n) is 2.41. The first-order valence-corrected chi connectivity index (χ1v) is 5.13. The van der Waals surface area contributed by atoms with Crippen molar-refractivity contribution < 1.29 is 4.79 Å². The lowest BCUT2D eigenvalue weighted by Crippen LogP contribution is -1.82. The van der Waals surface area contributed by atoms with Crippen LogP contribution >= 0.6 is 0 Å². The Hall–Kier alpha value is -2.15. The highest BCUT2D eigenvalue weighted by atomic mass is 16.1. The molecule has 2 aromatic carbocycles. The van der Waals surface area contributed by atoms with Crippen LogP contribution in [0.25, 0.3) is 16.8 Å². The van der Waals surface area contributed by atoms with Crippen molar-refractivity contribution in [2.24, 2.45) is 0 Å². The standard InChI is InChI=1S/C15H12O/c1-2-15(16)10-8-12-7-9-13-5-3-4-6-14(13)11-12/h2-11H,1H2/b10-8+. The molecule has 2 aromatic rings. The minimum Gasteiger partial charge on any atom is -0.290 e. The summed E-state index contributed by atoms with van der Waals surface area (Å²) in [6, 6.07) is 14.2. The summed E-state index contributed by atoms with van der Waals surface area (Å²) in [5, 5.41) is 2.38. The maximum absolute atomic E-state index is 11.0. The Morgan fingerprint density at radius 1 is 1.06 bits per heavy atom. The number of hydrogen-bond acceptors (Lipinski definition) is 1. The van der Waals surface area contributed by atoms with Gasteiger partial charge in [0, 0.05) is 0 Å². The molecule has 0 spiro atoms. The molecule has 0 aliphatic heterocycles. The van der Waals surface area contributed by atoms with Crippen LogP contribution in [0, 0.1) is 0 Å². The third-order valence-corrected chi connectivity index (χ3v) is 2.41. The fraction of sp³-hybridized carbons (Fsp3) is 0. The molecule has 1 nitrogen and oxygen atoms in total. The molecule has 0 saturated carbocycles. The lowest BCUT2D eigenvalue weighted by Gasteiger charge is -1.98. The first-order valence-electron chi connectivity index (χ1n) is 5.13. The van der Waals surface area contributed by atoms with Crippen LogP contribution in [-0.4, -0.2) is 5.78 Å². The monoisotopic (exact) mass is 208 g/mol. The number of ketones is 1. The van der Waals surface area contributed by atoms with E-state index >= 15 is 0 Å². The molecule has 0 atom stereocenters. The van der Waals surface area contributed by atoms with Crippen molar-refractivity contribution in [3.63, 3.8) is 0 Å². The predicted molar refractivity (Wildman–Crippen MR) is 68.2 cm³/mol. The molecule has 0 fully saturated rings. The predicted octanol–water partition coefficient (Wildman–Crippen LogP) is 3.61. The summed E-state index contributed by atoms with van der Waals surface area (Å²) in [5.41, 5.74) is 1.02. The van der Waals surface area contributed by atoms with E-state index in [1.54, 1.807) is 6.08 Å². The molecule has 0 amide bonds. The van der Waals surface area contributed by atoms with E-state index in [0.29, 0.717) is 0 Å². The molecule has 0 heterocycles. The number of allylic oxidation sites excluding steroid dienone is 2. The molecule has 0 aliphatic rings. The van der Waals surface area contributed by atoms with Gasteiger partial charge >= 0.3 is 0 Å². The smallest absolute Gasteiger partial charge is 0.178 e. The van der Waals surface area contributed by atoms with Crippen LogP contribution in [0.2, 0.25) is 0 Å². The van der Waals surface area contributed by atoms with E-state index in [4.69, 9.17) is 0 Å². The van der Waals surface area contributed by atoms with Crippen LogP contribution in [0.4, 0.5) is 0 Å². The van der Waals surface area contributed by atoms with Crippen LogP contribution in [0.15, 0.2) is 61.2 Å². The zero-order chi connectivity index (χ0) is 11.4. The normalized spacial score (nSPS) is 10.8. The summed E-state index contributed by atoms with van der Waals surface area (Å²) in [6.07, 6.45) is 4.63. The summed E-state index contributed by atoms with van der Waals surface area (Å²) in [6.45, 7) is 3.42. The second-order valence-corrected chi connectivity index (χ2v) is 3.55. The van der Waals surface area contributed by atoms with Gasteiger partial charge in [-0.15, -0.1) is 0 Å². The van der Waals surface area contributed by atoms with Gasteiger partial charge in [-0.2, -0.15) is 0 Å². The maximum atomic E-state index is 11.0. The second kappa shape index (κ2) is 4.58. The van der Waals surface area contributed by atoms with E-state index < -0.39 is 0 Å². The average Bonchev–Trinajstić information content (AvgIpc) is 2.35. The van der Waals surface area contributed by atoms with Gasteiger partial charge in [-0.1, -0.05) is 49.1 Å². The van der Waals surface area contributed by atoms with Crippen molar-refractivity contribution in [1.82, 2.24) is 0 Å². The van der Waals surface area contributed by atoms with Gasteiger partial charge in [-0.3, -0.25) is 4.79 Å². The lowest BCUT2D eigenvalue weighted by atomic mass is 10.1. The Balaban J connectivity index is 2.36. The number of hydrogen-bond donors (Lipinski definition) is 0. The molecule has 2 rings (SSSR count). The zero-order valence-electron chi connectivity index (χ0n) is 8.89. The molecule has 0 N–H and O–H groups in total. The molecule has 1 heteroatoms. The number of benzene rings is 2. The first-order chi connectivity index (χ1) is 7.79. The number of carbonyl (C=O) groups is 1. The van der Waals surface area contributed by atoms with Crippen LogP contribution in [0.3, 0.4) is 0 Å². The largest absolute Gasteiger partial charge is 0.290 e. The van der Waals surface area contributed by atoms with Crippen molar-refractivity contribution in [2.45, 2.75) is 0 Å². The van der Waals surface area contributed by atoms with Gasteiger partial charge in [0.05, 0.1) is 0 Å². The van der Waals surface area contributed by atoms with Gasteiger partial charge in [-0.05, 0) is 34.6 Å². The Morgan fingerprint density at radius 2 is 1.81 bits per heavy atom. The summed E-state index contributed by atoms with van der Waals surface area (Å²) >= 11 is 0. The van der Waals surface area contributed by atoms with Crippen molar-refractivity contribution in [3.8, 4) is 0 Å². The summed E-state index contributed by atoms with van der Waals surface area (Å²) in [7, 11) is 0. The first kappa shape index (κ1) is 10.4. The molecule has 0 aliphatic carbocycles. The molecule has 0 unspecified atom stereocenters. The minimum atomic E-state index is -0.0758. The molecule has 0 bridgehead atoms. The highest BCUT2D eigenvalue weighted by Gasteiger charge is 1.93. The highest BCUT2D eigenvalue weighted by Crippen LogP contribution is 2.16. The Bertz CT molecular complexity index is 564. The maximum Gasteiger partial charge on any atom is 0.178 e. The third kappa shape index (κ3) is 2.26. The summed E-state index contributed by atoms with van der Waals surface area (Å²) in [5.74, 6) is -0.0758. The Labute approximate surface area is 94.7 Å². The SMILES string of the molecule is C=CC(=O)/C=C/c1ccc2ccccc2c1. The van der Waals surface area contributed by atoms with E-state index in [2.05, 4.69) is 24.8 Å². The Morgan fingerprint density at radius 3 is 2.56 bits per heavy atom. The summed E-state index contributed by atoms with van der Waals surface area (Å²) in [4.78, 5) is 11.0. The van der Waals surface area contributed by atoms with Gasteiger partial charge in [0.1, 0.15) is 0 Å². The van der Waals surface area contributed by atoms with E-state index in [0.717, 1.165) is 5.56 Å². The molecule has 16 heavy (non-hydrogen) atoms. The quantitative estimate of drug-likeness (QED) is 0.704. The fourth-order valence-corrected chi connectivity index (χ4v) is 1.56. The van der Waals surface area contributed by atoms with E-state index in [-0.39, 0.29) is 5.78 Å². The van der Waals surface area contributed by atoms with Crippen molar-refractivity contribution >= 4 is 22.6 Å². The second-order valence-electron chi connectivity index (χ2n) is 3.55. The number of fused-ring (bicyclic) bond motifs is 1. The minimum absolute atomic E-state index is 0.0758. The van der Waals surface area contributed by atoms with Gasteiger partial charge in [-0.25, -0.2) is 0 Å². The van der Waals surface area contributed by atoms with E-state index in [1.165, 1.54) is 22.9 Å². The number of carbonyl (C=O) groups excluding carboxylic acids is 1. The number of rotatable bonds is 3. The van der Waals surface area contributed by atoms with Gasteiger partial charge in [0.25, 0.3) is 0 Å². The summed E-state index contributed by atoms with van der Waals surface area (Å²) < 4.78 is 0. The van der Waals surface area contributed by atoms with Crippen LogP contribution < -0.4 is 0 Å².